The summed E-state index contributed by atoms with van der Waals surface area (Å²) in [5.74, 6) is -1.35. The van der Waals surface area contributed by atoms with Crippen molar-refractivity contribution < 1.29 is 89.4 Å². The minimum Gasteiger partial charge on any atom is -0.460 e. The zero-order valence-electron chi connectivity index (χ0n) is 30.0. The summed E-state index contributed by atoms with van der Waals surface area (Å²) in [7, 11) is 0. The number of fused-ring (bicyclic) bond motifs is 1. The third kappa shape index (κ3) is 9.81. The number of carbonyl (C=O) groups excluding carboxylic acids is 1. The molecule has 0 aromatic carbocycles. The average Bonchev–Trinajstić information content (AvgIpc) is 3.14. The van der Waals surface area contributed by atoms with Crippen LogP contribution in [0.15, 0.2) is 12.2 Å². The first-order valence-corrected chi connectivity index (χ1v) is 19.3. The van der Waals surface area contributed by atoms with E-state index < -0.39 is 129 Å². The summed E-state index contributed by atoms with van der Waals surface area (Å²) in [6, 6.07) is 0. The summed E-state index contributed by atoms with van der Waals surface area (Å²) in [6.07, 6.45) is -15.1. The molecule has 3 aliphatic heterocycles. The monoisotopic (exact) mass is 778 g/mol. The summed E-state index contributed by atoms with van der Waals surface area (Å²) in [6.45, 7) is -1.07. The molecule has 3 saturated carbocycles. The van der Waals surface area contributed by atoms with Crippen molar-refractivity contribution in [3.8, 4) is 0 Å². The van der Waals surface area contributed by atoms with Crippen molar-refractivity contribution in [2.75, 3.05) is 13.2 Å². The summed E-state index contributed by atoms with van der Waals surface area (Å²) >= 11 is 0. The molecule has 6 rings (SSSR count). The maximum absolute atomic E-state index is 12.4. The van der Waals surface area contributed by atoms with Crippen LogP contribution in [0.3, 0.4) is 0 Å². The van der Waals surface area contributed by atoms with Gasteiger partial charge in [-0.15, -0.1) is 0 Å². The van der Waals surface area contributed by atoms with Gasteiger partial charge in [-0.1, -0.05) is 6.08 Å². The molecule has 0 aromatic heterocycles. The van der Waals surface area contributed by atoms with Crippen LogP contribution in [0.1, 0.15) is 64.2 Å². The molecule has 310 valence electrons. The molecule has 0 radical (unpaired) electrons. The van der Waals surface area contributed by atoms with Crippen molar-refractivity contribution in [1.29, 1.82) is 0 Å². The number of allylic oxidation sites excluding steroid dienone is 1. The number of ether oxygens (including phenoxy) is 6. The molecule has 3 heterocycles. The fourth-order valence-corrected chi connectivity index (χ4v) is 8.85. The molecule has 0 amide bonds. The van der Waals surface area contributed by atoms with Gasteiger partial charge >= 0.3 is 5.97 Å². The lowest BCUT2D eigenvalue weighted by Gasteiger charge is -2.51. The SMILES string of the molecule is O=C(C=CC1CCC(O)CC1)OC[C@H]1O[C@@H](OC[C@H]2O[C@@H](OC3CC4C(O)CC(O)CC4OC3C3CCC(O)C(O)C3)[C@H](O)[C@@H](O)[C@H]2O)[C@H](O)[C@@H](O)[C@@H]1O. The van der Waals surface area contributed by atoms with E-state index in [4.69, 9.17) is 28.4 Å². The second-order valence-electron chi connectivity index (χ2n) is 16.0. The van der Waals surface area contributed by atoms with E-state index in [1.165, 1.54) is 6.08 Å². The Morgan fingerprint density at radius 2 is 1.24 bits per heavy atom. The van der Waals surface area contributed by atoms with E-state index in [1.807, 2.05) is 0 Å². The molecule has 54 heavy (non-hydrogen) atoms. The number of aliphatic hydroxyl groups excluding tert-OH is 11. The molecule has 18 heteroatoms. The smallest absolute Gasteiger partial charge is 0.330 e. The zero-order valence-corrected chi connectivity index (χ0v) is 30.0. The number of rotatable bonds is 10. The van der Waals surface area contributed by atoms with Crippen molar-refractivity contribution >= 4 is 5.97 Å². The minimum atomic E-state index is -1.79. The Hall–Kier alpha value is -1.43. The predicted octanol–water partition coefficient (Wildman–Crippen LogP) is -3.53. The van der Waals surface area contributed by atoms with E-state index >= 15 is 0 Å². The molecule has 3 saturated heterocycles. The van der Waals surface area contributed by atoms with Gasteiger partial charge in [-0.05, 0) is 76.0 Å². The summed E-state index contributed by atoms with van der Waals surface area (Å²) in [4.78, 5) is 12.4. The van der Waals surface area contributed by atoms with Crippen molar-refractivity contribution in [3.05, 3.63) is 12.2 Å². The van der Waals surface area contributed by atoms with E-state index in [2.05, 4.69) is 0 Å². The molecule has 6 fully saturated rings. The number of esters is 1. The number of aliphatic hydroxyl groups is 11. The van der Waals surface area contributed by atoms with Gasteiger partial charge in [0.1, 0.15) is 55.4 Å². The Labute approximate surface area is 312 Å². The molecule has 19 atom stereocenters. The van der Waals surface area contributed by atoms with Crippen molar-refractivity contribution in [2.45, 2.75) is 174 Å². The van der Waals surface area contributed by atoms with Gasteiger partial charge in [0, 0.05) is 12.0 Å². The van der Waals surface area contributed by atoms with Crippen LogP contribution in [0.5, 0.6) is 0 Å². The third-order valence-electron chi connectivity index (χ3n) is 12.2. The van der Waals surface area contributed by atoms with Crippen LogP contribution >= 0.6 is 0 Å². The highest BCUT2D eigenvalue weighted by Gasteiger charge is 2.52. The van der Waals surface area contributed by atoms with Crippen molar-refractivity contribution in [2.24, 2.45) is 17.8 Å². The van der Waals surface area contributed by atoms with Gasteiger partial charge in [-0.25, -0.2) is 4.79 Å². The minimum absolute atomic E-state index is 0.111. The average molecular weight is 779 g/mol. The van der Waals surface area contributed by atoms with E-state index in [1.54, 1.807) is 6.08 Å². The molecular weight excluding hydrogens is 720 g/mol. The second kappa shape index (κ2) is 18.4. The first kappa shape index (κ1) is 42.2. The lowest BCUT2D eigenvalue weighted by Crippen LogP contribution is -2.63. The summed E-state index contributed by atoms with van der Waals surface area (Å²) in [5, 5.41) is 116. The summed E-state index contributed by atoms with van der Waals surface area (Å²) < 4.78 is 35.1. The maximum Gasteiger partial charge on any atom is 0.330 e. The molecule has 6 aliphatic rings. The topological polar surface area (TPSA) is 295 Å². The van der Waals surface area contributed by atoms with Gasteiger partial charge < -0.3 is 84.6 Å². The lowest BCUT2D eigenvalue weighted by atomic mass is 9.72. The van der Waals surface area contributed by atoms with Crippen LogP contribution in [0.4, 0.5) is 0 Å². The van der Waals surface area contributed by atoms with E-state index in [-0.39, 0.29) is 43.6 Å². The number of hydrogen-bond donors (Lipinski definition) is 11. The number of carbonyl (C=O) groups is 1. The molecule has 0 spiro atoms. The maximum atomic E-state index is 12.4. The largest absolute Gasteiger partial charge is 0.460 e. The highest BCUT2D eigenvalue weighted by Crippen LogP contribution is 2.43. The number of hydrogen-bond acceptors (Lipinski definition) is 18. The standard InChI is InChI=1S/C36H58O18/c37-17-5-1-15(2-6-17)3-8-27(42)49-13-25-28(43)30(45)32(47)35(53-25)50-14-26-29(44)31(46)33(48)36(54-26)52-24-12-19-21(40)10-18(38)11-23(19)51-34(24)16-4-7-20(39)22(41)9-16/h3,8,15-26,28-41,43-48H,1-2,4-7,9-14H2/t15?,16?,17?,18?,19?,20?,21?,22?,23?,24?,25-,26-,28-,29+,30+,31+,32-,33-,34?,35-,36-/m1/s1. The van der Waals surface area contributed by atoms with Gasteiger partial charge in [-0.2, -0.15) is 0 Å². The van der Waals surface area contributed by atoms with Crippen LogP contribution in [0.25, 0.3) is 0 Å². The van der Waals surface area contributed by atoms with E-state index in [0.29, 0.717) is 25.7 Å². The van der Waals surface area contributed by atoms with Crippen LogP contribution < -0.4 is 0 Å². The Kier molecular flexibility index (Phi) is 14.4. The normalized spacial score (nSPS) is 50.4. The Bertz CT molecular complexity index is 1230. The van der Waals surface area contributed by atoms with Gasteiger partial charge in [-0.3, -0.25) is 0 Å². The third-order valence-corrected chi connectivity index (χ3v) is 12.2. The summed E-state index contributed by atoms with van der Waals surface area (Å²) in [5.41, 5.74) is 0. The molecule has 11 N–H and O–H groups in total. The Morgan fingerprint density at radius 1 is 0.593 bits per heavy atom. The van der Waals surface area contributed by atoms with Gasteiger partial charge in [0.15, 0.2) is 12.6 Å². The van der Waals surface area contributed by atoms with Crippen LogP contribution in [-0.4, -0.2) is 186 Å². The van der Waals surface area contributed by atoms with Crippen LogP contribution in [-0.2, 0) is 33.2 Å². The van der Waals surface area contributed by atoms with Crippen LogP contribution in [0, 0.1) is 17.8 Å². The lowest BCUT2D eigenvalue weighted by molar-refractivity contribution is -0.347. The molecule has 9 unspecified atom stereocenters. The molecule has 0 bridgehead atoms. The highest BCUT2D eigenvalue weighted by atomic mass is 16.7. The fourth-order valence-electron chi connectivity index (χ4n) is 8.85. The highest BCUT2D eigenvalue weighted by molar-refractivity contribution is 5.81. The van der Waals surface area contributed by atoms with Crippen molar-refractivity contribution in [1.82, 2.24) is 0 Å². The first-order valence-electron chi connectivity index (χ1n) is 19.3. The van der Waals surface area contributed by atoms with Gasteiger partial charge in [0.2, 0.25) is 0 Å². The first-order chi connectivity index (χ1) is 25.7. The Balaban J connectivity index is 1.07. The molecular formula is C36H58O18. The molecule has 0 aromatic rings. The quantitative estimate of drug-likeness (QED) is 0.0756. The fraction of sp³-hybridized carbons (Fsp3) is 0.917. The molecule has 3 aliphatic carbocycles. The van der Waals surface area contributed by atoms with Gasteiger partial charge in [0.05, 0.1) is 55.4 Å². The zero-order chi connectivity index (χ0) is 38.8. The second-order valence-corrected chi connectivity index (χ2v) is 16.0. The predicted molar refractivity (Wildman–Crippen MR) is 180 cm³/mol. The van der Waals surface area contributed by atoms with E-state index in [0.717, 1.165) is 12.8 Å². The molecule has 18 nitrogen and oxygen atoms in total. The van der Waals surface area contributed by atoms with E-state index in [9.17, 15) is 61.0 Å². The van der Waals surface area contributed by atoms with Gasteiger partial charge in [0.25, 0.3) is 0 Å². The van der Waals surface area contributed by atoms with Crippen molar-refractivity contribution in [3.63, 3.8) is 0 Å². The Morgan fingerprint density at radius 3 is 1.93 bits per heavy atom. The van der Waals surface area contributed by atoms with Crippen LogP contribution in [0.2, 0.25) is 0 Å².